The fourth-order valence-electron chi connectivity index (χ4n) is 4.92. The Bertz CT molecular complexity index is 1300. The van der Waals surface area contributed by atoms with Crippen molar-refractivity contribution in [1.82, 2.24) is 9.29 Å². The number of sulfonamides is 1. The number of benzene rings is 2. The third-order valence-electron chi connectivity index (χ3n) is 6.56. The number of aromatic amines is 1. The van der Waals surface area contributed by atoms with Crippen LogP contribution in [0.3, 0.4) is 0 Å². The number of nitrogens with zero attached hydrogens (tertiary/aromatic N) is 2. The molecule has 1 aliphatic heterocycles. The van der Waals surface area contributed by atoms with Crippen LogP contribution < -0.4 is 9.64 Å². The lowest BCUT2D eigenvalue weighted by molar-refractivity contribution is 0.0974. The molecule has 0 radical (unpaired) electrons. The highest BCUT2D eigenvalue weighted by molar-refractivity contribution is 7.89. The van der Waals surface area contributed by atoms with Crippen molar-refractivity contribution in [2.45, 2.75) is 31.1 Å². The predicted molar refractivity (Wildman–Crippen MR) is 124 cm³/mol. The summed E-state index contributed by atoms with van der Waals surface area (Å²) in [5.74, 6) is 0.926. The summed E-state index contributed by atoms with van der Waals surface area (Å²) in [7, 11) is -2.01. The van der Waals surface area contributed by atoms with Gasteiger partial charge in [-0.1, -0.05) is 12.1 Å². The first-order chi connectivity index (χ1) is 15.4. The summed E-state index contributed by atoms with van der Waals surface area (Å²) in [4.78, 5) is 18.2. The quantitative estimate of drug-likeness (QED) is 0.654. The number of fused-ring (bicyclic) bond motifs is 3. The minimum absolute atomic E-state index is 0.139. The van der Waals surface area contributed by atoms with Crippen LogP contribution in [0.1, 0.15) is 34.5 Å². The van der Waals surface area contributed by atoms with E-state index in [1.165, 1.54) is 0 Å². The Morgan fingerprint density at radius 3 is 2.53 bits per heavy atom. The summed E-state index contributed by atoms with van der Waals surface area (Å²) in [5, 5.41) is 0.835. The highest BCUT2D eigenvalue weighted by Gasteiger charge is 2.32. The molecular weight excluding hydrogens is 426 g/mol. The van der Waals surface area contributed by atoms with Gasteiger partial charge >= 0.3 is 0 Å². The minimum Gasteiger partial charge on any atom is -0.495 e. The van der Waals surface area contributed by atoms with Crippen molar-refractivity contribution in [3.63, 3.8) is 0 Å². The van der Waals surface area contributed by atoms with E-state index in [2.05, 4.69) is 9.88 Å². The van der Waals surface area contributed by atoms with Gasteiger partial charge < -0.3 is 14.6 Å². The van der Waals surface area contributed by atoms with Crippen LogP contribution in [-0.4, -0.2) is 56.8 Å². The van der Waals surface area contributed by atoms with Gasteiger partial charge in [-0.25, -0.2) is 8.42 Å². The minimum atomic E-state index is -3.65. The number of ketones is 1. The van der Waals surface area contributed by atoms with Crippen LogP contribution in [-0.2, 0) is 16.4 Å². The molecule has 2 aliphatic rings. The van der Waals surface area contributed by atoms with E-state index in [1.54, 1.807) is 17.5 Å². The smallest absolute Gasteiger partial charge is 0.243 e. The van der Waals surface area contributed by atoms with Gasteiger partial charge in [-0.2, -0.15) is 4.31 Å². The Morgan fingerprint density at radius 1 is 1.03 bits per heavy atom. The number of rotatable bonds is 4. The molecule has 1 aliphatic carbocycles. The lowest BCUT2D eigenvalue weighted by atomic mass is 9.94. The number of aromatic nitrogens is 1. The average Bonchev–Trinajstić information content (AvgIpc) is 3.17. The van der Waals surface area contributed by atoms with Crippen LogP contribution in [0.15, 0.2) is 41.3 Å². The lowest BCUT2D eigenvalue weighted by Crippen LogP contribution is -2.48. The van der Waals surface area contributed by atoms with Gasteiger partial charge in [0.2, 0.25) is 10.0 Å². The van der Waals surface area contributed by atoms with E-state index in [4.69, 9.17) is 4.74 Å². The predicted octanol–water partition coefficient (Wildman–Crippen LogP) is 3.51. The first-order valence-corrected chi connectivity index (χ1v) is 12.4. The molecular formula is C24H27N3O4S. The van der Waals surface area contributed by atoms with E-state index in [-0.39, 0.29) is 5.78 Å². The number of Topliss-reactive ketones (excluding diaryl/α,β-unsaturated/α-hetero) is 1. The molecule has 1 saturated heterocycles. The number of anilines is 1. The number of hydrogen-bond acceptors (Lipinski definition) is 5. The fourth-order valence-corrected chi connectivity index (χ4v) is 6.57. The van der Waals surface area contributed by atoms with Gasteiger partial charge in [0.05, 0.1) is 17.7 Å². The van der Waals surface area contributed by atoms with Gasteiger partial charge in [0, 0.05) is 54.8 Å². The molecule has 5 rings (SSSR count). The number of H-pyrrole nitrogens is 1. The van der Waals surface area contributed by atoms with Crippen molar-refractivity contribution in [1.29, 1.82) is 0 Å². The lowest BCUT2D eigenvalue weighted by Gasteiger charge is -2.36. The zero-order valence-corrected chi connectivity index (χ0v) is 19.2. The first kappa shape index (κ1) is 21.0. The van der Waals surface area contributed by atoms with Crippen molar-refractivity contribution < 1.29 is 17.9 Å². The summed E-state index contributed by atoms with van der Waals surface area (Å²) >= 11 is 0. The van der Waals surface area contributed by atoms with Crippen LogP contribution in [0, 0.1) is 6.92 Å². The molecule has 2 heterocycles. The van der Waals surface area contributed by atoms with Gasteiger partial charge in [0.1, 0.15) is 5.75 Å². The van der Waals surface area contributed by atoms with Crippen LogP contribution in [0.4, 0.5) is 5.69 Å². The zero-order chi connectivity index (χ0) is 22.5. The summed E-state index contributed by atoms with van der Waals surface area (Å²) < 4.78 is 34.1. The van der Waals surface area contributed by atoms with E-state index >= 15 is 0 Å². The number of carbonyl (C=O) groups excluding carboxylic acids is 1. The van der Waals surface area contributed by atoms with E-state index in [1.807, 2.05) is 37.3 Å². The summed E-state index contributed by atoms with van der Waals surface area (Å²) in [5.41, 5.74) is 4.04. The SMILES string of the molecule is COc1ccccc1N1CCN(S(=O)(=O)c2cc3[nH]c4c(c3cc2C)C(=O)CCC4)CC1. The van der Waals surface area contributed by atoms with E-state index in [0.29, 0.717) is 43.1 Å². The maximum atomic E-state index is 13.5. The van der Waals surface area contributed by atoms with Crippen LogP contribution in [0.25, 0.3) is 10.9 Å². The summed E-state index contributed by atoms with van der Waals surface area (Å²) in [6, 6.07) is 11.4. The molecule has 8 heteroatoms. The first-order valence-electron chi connectivity index (χ1n) is 11.0. The Labute approximate surface area is 188 Å². The molecule has 2 aromatic carbocycles. The molecule has 1 fully saturated rings. The number of para-hydroxylation sites is 2. The zero-order valence-electron chi connectivity index (χ0n) is 18.3. The Hall–Kier alpha value is -2.84. The Balaban J connectivity index is 1.43. The van der Waals surface area contributed by atoms with Crippen molar-refractivity contribution in [2.75, 3.05) is 38.2 Å². The van der Waals surface area contributed by atoms with Crippen LogP contribution >= 0.6 is 0 Å². The number of ether oxygens (including phenoxy) is 1. The van der Waals surface area contributed by atoms with E-state index in [9.17, 15) is 13.2 Å². The molecule has 0 bridgehead atoms. The Kier molecular flexibility index (Phi) is 5.22. The third-order valence-corrected chi connectivity index (χ3v) is 8.60. The van der Waals surface area contributed by atoms with Gasteiger partial charge in [0.25, 0.3) is 0 Å². The summed E-state index contributed by atoms with van der Waals surface area (Å²) in [6.07, 6.45) is 2.20. The maximum Gasteiger partial charge on any atom is 0.243 e. The monoisotopic (exact) mass is 453 g/mol. The van der Waals surface area contributed by atoms with Crippen molar-refractivity contribution in [3.8, 4) is 5.75 Å². The largest absolute Gasteiger partial charge is 0.495 e. The van der Waals surface area contributed by atoms with Crippen molar-refractivity contribution in [2.24, 2.45) is 0 Å². The molecule has 168 valence electrons. The second kappa shape index (κ2) is 7.94. The number of nitrogens with one attached hydrogen (secondary N) is 1. The molecule has 7 nitrogen and oxygen atoms in total. The van der Waals surface area contributed by atoms with Gasteiger partial charge in [-0.3, -0.25) is 4.79 Å². The second-order valence-electron chi connectivity index (χ2n) is 8.48. The number of methoxy groups -OCH3 is 1. The van der Waals surface area contributed by atoms with Crippen molar-refractivity contribution in [3.05, 3.63) is 53.2 Å². The molecule has 0 amide bonds. The van der Waals surface area contributed by atoms with Gasteiger partial charge in [-0.15, -0.1) is 0 Å². The third kappa shape index (κ3) is 3.38. The van der Waals surface area contributed by atoms with E-state index < -0.39 is 10.0 Å². The normalized spacial score (nSPS) is 17.6. The number of hydrogen-bond donors (Lipinski definition) is 1. The van der Waals surface area contributed by atoms with Crippen LogP contribution in [0.2, 0.25) is 0 Å². The van der Waals surface area contributed by atoms with Crippen molar-refractivity contribution >= 4 is 32.4 Å². The fraction of sp³-hybridized carbons (Fsp3) is 0.375. The number of carbonyl (C=O) groups is 1. The molecule has 32 heavy (non-hydrogen) atoms. The molecule has 0 unspecified atom stereocenters. The highest BCUT2D eigenvalue weighted by Crippen LogP contribution is 2.34. The highest BCUT2D eigenvalue weighted by atomic mass is 32.2. The second-order valence-corrected chi connectivity index (χ2v) is 10.4. The van der Waals surface area contributed by atoms with Crippen LogP contribution in [0.5, 0.6) is 5.75 Å². The summed E-state index contributed by atoms with van der Waals surface area (Å²) in [6.45, 7) is 3.79. The van der Waals surface area contributed by atoms with Gasteiger partial charge in [0.15, 0.2) is 5.78 Å². The molecule has 1 N–H and O–H groups in total. The van der Waals surface area contributed by atoms with Gasteiger partial charge in [-0.05, 0) is 49.6 Å². The Morgan fingerprint density at radius 2 is 1.78 bits per heavy atom. The number of piperazine rings is 1. The molecule has 0 saturated carbocycles. The standard InChI is InChI=1S/C24H27N3O4S/c1-16-14-17-19(25-18-6-5-8-21(28)24(17)18)15-23(16)32(29,30)27-12-10-26(11-13-27)20-7-3-4-9-22(20)31-2/h3-4,7,9,14-15,25H,5-6,8,10-13H2,1-2H3. The molecule has 0 atom stereocenters. The number of aryl methyl sites for hydroxylation is 2. The average molecular weight is 454 g/mol. The topological polar surface area (TPSA) is 82.7 Å². The molecule has 0 spiro atoms. The maximum absolute atomic E-state index is 13.5. The van der Waals surface area contributed by atoms with E-state index in [0.717, 1.165) is 46.4 Å². The molecule has 1 aromatic heterocycles. The molecule has 3 aromatic rings.